The van der Waals surface area contributed by atoms with Crippen molar-refractivity contribution in [2.24, 2.45) is 10.8 Å². The van der Waals surface area contributed by atoms with Crippen molar-refractivity contribution < 1.29 is 19.5 Å². The minimum absolute atomic E-state index is 0.0106. The highest BCUT2D eigenvalue weighted by molar-refractivity contribution is 5.94. The molecule has 0 saturated heterocycles. The molecule has 1 saturated carbocycles. The lowest BCUT2D eigenvalue weighted by Gasteiger charge is -2.07. The van der Waals surface area contributed by atoms with Crippen LogP contribution < -0.4 is 10.6 Å². The molecule has 3 N–H and O–H groups in total. The zero-order valence-electron chi connectivity index (χ0n) is 11.9. The Morgan fingerprint density at radius 3 is 2.00 bits per heavy atom. The summed E-state index contributed by atoms with van der Waals surface area (Å²) in [4.78, 5) is 33.3. The topological polar surface area (TPSA) is 95.5 Å². The van der Waals surface area contributed by atoms with Crippen LogP contribution in [0.1, 0.15) is 47.0 Å². The molecular formula is C13H22N2O4. The maximum absolute atomic E-state index is 11.6. The van der Waals surface area contributed by atoms with E-state index in [4.69, 9.17) is 5.11 Å². The number of amides is 3. The predicted molar refractivity (Wildman–Crippen MR) is 69.5 cm³/mol. The number of carbonyl (C=O) groups excluding carboxylic acids is 2. The lowest BCUT2D eigenvalue weighted by Crippen LogP contribution is -2.42. The summed E-state index contributed by atoms with van der Waals surface area (Å²) in [7, 11) is 0. The second-order valence-corrected chi connectivity index (χ2v) is 6.15. The van der Waals surface area contributed by atoms with Gasteiger partial charge in [-0.3, -0.25) is 14.9 Å². The molecule has 0 heterocycles. The number of carbonyl (C=O) groups is 3. The largest absolute Gasteiger partial charge is 0.481 e. The summed E-state index contributed by atoms with van der Waals surface area (Å²) in [6.07, 6.45) is 0.198. The maximum atomic E-state index is 11.6. The van der Waals surface area contributed by atoms with Gasteiger partial charge in [-0.25, -0.2) is 4.79 Å². The van der Waals surface area contributed by atoms with E-state index in [9.17, 15) is 14.4 Å². The van der Waals surface area contributed by atoms with Crippen LogP contribution in [-0.2, 0) is 9.59 Å². The Morgan fingerprint density at radius 1 is 1.05 bits per heavy atom. The van der Waals surface area contributed by atoms with Crippen molar-refractivity contribution in [3.05, 3.63) is 0 Å². The molecule has 6 nitrogen and oxygen atoms in total. The molecule has 1 aliphatic carbocycles. The van der Waals surface area contributed by atoms with Crippen molar-refractivity contribution in [2.45, 2.75) is 53.0 Å². The summed E-state index contributed by atoms with van der Waals surface area (Å²) >= 11 is 0. The average Bonchev–Trinajstić information content (AvgIpc) is 2.60. The molecule has 0 aromatic carbocycles. The summed E-state index contributed by atoms with van der Waals surface area (Å²) < 4.78 is 0. The van der Waals surface area contributed by atoms with E-state index in [0.29, 0.717) is 0 Å². The number of hydrogen-bond acceptors (Lipinski definition) is 3. The summed E-state index contributed by atoms with van der Waals surface area (Å²) in [5.41, 5.74) is 0.0212. The standard InChI is InChI=1S/C13H22N2O4/c1-12(2)10(13(12,3)4)15-11(19)14-8(16)6-5-7-9(17)18/h10H,5-7H2,1-4H3,(H,17,18)(H2,14,15,16,19). The normalized spacial score (nSPS) is 19.6. The van der Waals surface area contributed by atoms with Gasteiger partial charge in [0.1, 0.15) is 0 Å². The molecule has 0 atom stereocenters. The van der Waals surface area contributed by atoms with Crippen LogP contribution in [0.3, 0.4) is 0 Å². The molecule has 1 rings (SSSR count). The molecule has 1 fully saturated rings. The monoisotopic (exact) mass is 270 g/mol. The number of aliphatic carboxylic acids is 1. The van der Waals surface area contributed by atoms with Crippen molar-refractivity contribution >= 4 is 17.9 Å². The third kappa shape index (κ3) is 3.45. The highest BCUT2D eigenvalue weighted by atomic mass is 16.4. The van der Waals surface area contributed by atoms with E-state index in [1.807, 2.05) is 0 Å². The first-order valence-corrected chi connectivity index (χ1v) is 6.41. The molecule has 108 valence electrons. The molecule has 0 spiro atoms. The van der Waals surface area contributed by atoms with Crippen molar-refractivity contribution in [2.75, 3.05) is 0 Å². The zero-order valence-corrected chi connectivity index (χ0v) is 11.9. The Bertz CT molecular complexity index is 387. The quantitative estimate of drug-likeness (QED) is 0.705. The molecule has 0 aliphatic heterocycles. The predicted octanol–water partition coefficient (Wildman–Crippen LogP) is 1.50. The van der Waals surface area contributed by atoms with E-state index in [1.165, 1.54) is 0 Å². The van der Waals surface area contributed by atoms with Gasteiger partial charge in [-0.1, -0.05) is 27.7 Å². The fraction of sp³-hybridized carbons (Fsp3) is 0.769. The lowest BCUT2D eigenvalue weighted by molar-refractivity contribution is -0.137. The highest BCUT2D eigenvalue weighted by Gasteiger charge is 2.65. The van der Waals surface area contributed by atoms with Gasteiger partial charge in [0.05, 0.1) is 0 Å². The van der Waals surface area contributed by atoms with Crippen LogP contribution in [0.15, 0.2) is 0 Å². The zero-order chi connectivity index (χ0) is 14.8. The average molecular weight is 270 g/mol. The van der Waals surface area contributed by atoms with Gasteiger partial charge in [0.25, 0.3) is 0 Å². The summed E-state index contributed by atoms with van der Waals surface area (Å²) in [6.45, 7) is 8.25. The van der Waals surface area contributed by atoms with Crippen molar-refractivity contribution in [1.82, 2.24) is 10.6 Å². The molecule has 0 aromatic heterocycles. The second-order valence-electron chi connectivity index (χ2n) is 6.15. The molecule has 3 amide bonds. The summed E-state index contributed by atoms with van der Waals surface area (Å²) in [5, 5.41) is 13.4. The van der Waals surface area contributed by atoms with Crippen molar-refractivity contribution in [3.8, 4) is 0 Å². The van der Waals surface area contributed by atoms with Crippen molar-refractivity contribution in [3.63, 3.8) is 0 Å². The van der Waals surface area contributed by atoms with Gasteiger partial charge in [0.2, 0.25) is 5.91 Å². The van der Waals surface area contributed by atoms with Gasteiger partial charge in [0, 0.05) is 18.9 Å². The Kier molecular flexibility index (Phi) is 4.22. The fourth-order valence-electron chi connectivity index (χ4n) is 2.31. The highest BCUT2D eigenvalue weighted by Crippen LogP contribution is 2.62. The van der Waals surface area contributed by atoms with Crippen LogP contribution in [-0.4, -0.2) is 29.1 Å². The first-order valence-electron chi connectivity index (χ1n) is 6.41. The van der Waals surface area contributed by atoms with Crippen molar-refractivity contribution in [1.29, 1.82) is 0 Å². The van der Waals surface area contributed by atoms with Gasteiger partial charge >= 0.3 is 12.0 Å². The molecule has 0 aromatic rings. The first kappa shape index (κ1) is 15.5. The SMILES string of the molecule is CC1(C)C(NC(=O)NC(=O)CCCC(=O)O)C1(C)C. The van der Waals surface area contributed by atoms with Crippen LogP contribution in [0.25, 0.3) is 0 Å². The number of imide groups is 1. The van der Waals surface area contributed by atoms with Gasteiger partial charge < -0.3 is 10.4 Å². The van der Waals surface area contributed by atoms with Crippen LogP contribution in [0.5, 0.6) is 0 Å². The Labute approximate surface area is 112 Å². The molecule has 0 radical (unpaired) electrons. The van der Waals surface area contributed by atoms with Gasteiger partial charge in [0.15, 0.2) is 0 Å². The number of carboxylic acid groups (broad SMARTS) is 1. The van der Waals surface area contributed by atoms with Gasteiger partial charge in [-0.15, -0.1) is 0 Å². The van der Waals surface area contributed by atoms with E-state index in [1.54, 1.807) is 0 Å². The number of nitrogens with one attached hydrogen (secondary N) is 2. The van der Waals surface area contributed by atoms with Crippen LogP contribution in [0, 0.1) is 10.8 Å². The number of carboxylic acids is 1. The van der Waals surface area contributed by atoms with E-state index in [-0.39, 0.29) is 36.1 Å². The minimum atomic E-state index is -0.946. The number of rotatable bonds is 5. The van der Waals surface area contributed by atoms with Gasteiger partial charge in [-0.05, 0) is 17.3 Å². The van der Waals surface area contributed by atoms with Gasteiger partial charge in [-0.2, -0.15) is 0 Å². The Balaban J connectivity index is 2.29. The smallest absolute Gasteiger partial charge is 0.321 e. The van der Waals surface area contributed by atoms with E-state index < -0.39 is 17.9 Å². The Hall–Kier alpha value is -1.59. The summed E-state index contributed by atoms with van der Waals surface area (Å²) in [6, 6.07) is -0.476. The number of urea groups is 1. The lowest BCUT2D eigenvalue weighted by atomic mass is 10.0. The third-order valence-corrected chi connectivity index (χ3v) is 4.34. The molecule has 6 heteroatoms. The molecule has 0 unspecified atom stereocenters. The Morgan fingerprint density at radius 2 is 1.58 bits per heavy atom. The third-order valence-electron chi connectivity index (χ3n) is 4.34. The number of hydrogen-bond donors (Lipinski definition) is 3. The van der Waals surface area contributed by atoms with E-state index in [2.05, 4.69) is 38.3 Å². The summed E-state index contributed by atoms with van der Waals surface area (Å²) in [5.74, 6) is -1.39. The van der Waals surface area contributed by atoms with E-state index >= 15 is 0 Å². The molecule has 1 aliphatic rings. The molecule has 0 bridgehead atoms. The maximum Gasteiger partial charge on any atom is 0.321 e. The van der Waals surface area contributed by atoms with Crippen LogP contribution in [0.4, 0.5) is 4.79 Å². The van der Waals surface area contributed by atoms with E-state index in [0.717, 1.165) is 0 Å². The first-order chi connectivity index (χ1) is 8.59. The molecule has 19 heavy (non-hydrogen) atoms. The van der Waals surface area contributed by atoms with Crippen LogP contribution in [0.2, 0.25) is 0 Å². The fourth-order valence-corrected chi connectivity index (χ4v) is 2.31. The second kappa shape index (κ2) is 5.19. The minimum Gasteiger partial charge on any atom is -0.481 e. The molecular weight excluding hydrogens is 248 g/mol. The van der Waals surface area contributed by atoms with Crippen LogP contribution >= 0.6 is 0 Å².